The van der Waals surface area contributed by atoms with Gasteiger partial charge in [0, 0.05) is 12.1 Å². The lowest BCUT2D eigenvalue weighted by Crippen LogP contribution is -2.34. The average molecular weight is 356 g/mol. The van der Waals surface area contributed by atoms with E-state index in [4.69, 9.17) is 4.84 Å². The van der Waals surface area contributed by atoms with Gasteiger partial charge >= 0.3 is 5.97 Å². The number of hydrogen-bond acceptors (Lipinski definition) is 5. The molecule has 26 heavy (non-hydrogen) atoms. The predicted molar refractivity (Wildman–Crippen MR) is 86.4 cm³/mol. The van der Waals surface area contributed by atoms with Crippen molar-refractivity contribution in [2.24, 2.45) is 0 Å². The first-order chi connectivity index (χ1) is 12.5. The largest absolute Gasteiger partial charge is 0.351 e. The van der Waals surface area contributed by atoms with Crippen LogP contribution < -0.4 is 5.32 Å². The molecule has 3 rings (SSSR count). The summed E-state index contributed by atoms with van der Waals surface area (Å²) in [6.45, 7) is -0.0712. The Bertz CT molecular complexity index is 860. The monoisotopic (exact) mass is 356 g/mol. The van der Waals surface area contributed by atoms with Crippen LogP contribution in [0, 0.1) is 5.82 Å². The Labute approximate surface area is 147 Å². The summed E-state index contributed by atoms with van der Waals surface area (Å²) in [5.41, 5.74) is 0.560. The maximum absolute atomic E-state index is 12.8. The van der Waals surface area contributed by atoms with Gasteiger partial charge in [0.05, 0.1) is 17.5 Å². The quantitative estimate of drug-likeness (QED) is 0.823. The van der Waals surface area contributed by atoms with Gasteiger partial charge in [-0.1, -0.05) is 17.2 Å². The molecule has 1 heterocycles. The predicted octanol–water partition coefficient (Wildman–Crippen LogP) is 1.70. The number of halogens is 1. The molecule has 0 bridgehead atoms. The zero-order chi connectivity index (χ0) is 18.7. The van der Waals surface area contributed by atoms with Crippen molar-refractivity contribution in [2.45, 2.75) is 6.42 Å². The molecule has 3 amide bonds. The van der Waals surface area contributed by atoms with E-state index >= 15 is 0 Å². The third-order valence-corrected chi connectivity index (χ3v) is 3.67. The van der Waals surface area contributed by atoms with Crippen molar-refractivity contribution < 1.29 is 28.4 Å². The van der Waals surface area contributed by atoms with Crippen molar-refractivity contribution in [3.8, 4) is 0 Å². The molecule has 132 valence electrons. The molecule has 0 aromatic heterocycles. The number of fused-ring (bicyclic) bond motifs is 1. The summed E-state index contributed by atoms with van der Waals surface area (Å²) >= 11 is 0. The molecule has 8 heteroatoms. The number of benzene rings is 2. The summed E-state index contributed by atoms with van der Waals surface area (Å²) in [6.07, 6.45) is -0.250. The molecule has 0 spiro atoms. The van der Waals surface area contributed by atoms with Gasteiger partial charge in [0.15, 0.2) is 0 Å². The van der Waals surface area contributed by atoms with Crippen LogP contribution in [0.5, 0.6) is 0 Å². The molecule has 0 radical (unpaired) electrons. The number of nitrogens with one attached hydrogen (secondary N) is 1. The molecule has 0 aliphatic carbocycles. The van der Waals surface area contributed by atoms with Crippen LogP contribution in [0.1, 0.15) is 37.5 Å². The van der Waals surface area contributed by atoms with Gasteiger partial charge in [0.25, 0.3) is 17.7 Å². The van der Waals surface area contributed by atoms with Crippen molar-refractivity contribution in [2.75, 3.05) is 6.54 Å². The molecule has 0 saturated carbocycles. The van der Waals surface area contributed by atoms with Gasteiger partial charge < -0.3 is 10.2 Å². The highest BCUT2D eigenvalue weighted by Crippen LogP contribution is 2.22. The van der Waals surface area contributed by atoms with Crippen molar-refractivity contribution in [3.63, 3.8) is 0 Å². The zero-order valence-electron chi connectivity index (χ0n) is 13.4. The van der Waals surface area contributed by atoms with Gasteiger partial charge in [0.1, 0.15) is 5.82 Å². The number of carbonyl (C=O) groups excluding carboxylic acids is 4. The maximum Gasteiger partial charge on any atom is 0.335 e. The van der Waals surface area contributed by atoms with Crippen LogP contribution in [0.4, 0.5) is 4.39 Å². The van der Waals surface area contributed by atoms with E-state index in [0.717, 1.165) is 12.1 Å². The highest BCUT2D eigenvalue weighted by Gasteiger charge is 2.38. The molecule has 1 aliphatic heterocycles. The Hall–Kier alpha value is -3.55. The fourth-order valence-electron chi connectivity index (χ4n) is 2.38. The third kappa shape index (κ3) is 3.44. The lowest BCUT2D eigenvalue weighted by Gasteiger charge is -2.12. The van der Waals surface area contributed by atoms with E-state index in [1.54, 1.807) is 12.1 Å². The molecule has 0 saturated heterocycles. The Balaban J connectivity index is 1.51. The first kappa shape index (κ1) is 17.3. The fourth-order valence-corrected chi connectivity index (χ4v) is 2.38. The molecular weight excluding hydrogens is 343 g/mol. The number of carbonyl (C=O) groups is 4. The van der Waals surface area contributed by atoms with Gasteiger partial charge in [-0.05, 0) is 36.4 Å². The van der Waals surface area contributed by atoms with Crippen LogP contribution in [0.2, 0.25) is 0 Å². The first-order valence-corrected chi connectivity index (χ1v) is 7.70. The number of hydrogen-bond donors (Lipinski definition) is 1. The number of amides is 3. The number of imide groups is 1. The van der Waals surface area contributed by atoms with Gasteiger partial charge in [-0.3, -0.25) is 14.4 Å². The minimum Gasteiger partial charge on any atom is -0.351 e. The van der Waals surface area contributed by atoms with Crippen molar-refractivity contribution in [1.29, 1.82) is 0 Å². The minimum absolute atomic E-state index is 0.0712. The van der Waals surface area contributed by atoms with Crippen LogP contribution in [-0.2, 0) is 9.63 Å². The van der Waals surface area contributed by atoms with E-state index in [-0.39, 0.29) is 29.7 Å². The SMILES string of the molecule is O=C(CCNC(=O)c1ccc(F)cc1)ON1C(=O)c2ccccc2C1=O. The Morgan fingerprint density at radius 3 is 2.12 bits per heavy atom. The Kier molecular flexibility index (Phi) is 4.74. The van der Waals surface area contributed by atoms with Crippen LogP contribution in [0.3, 0.4) is 0 Å². The van der Waals surface area contributed by atoms with E-state index in [1.165, 1.54) is 24.3 Å². The van der Waals surface area contributed by atoms with Crippen LogP contribution >= 0.6 is 0 Å². The Morgan fingerprint density at radius 2 is 1.54 bits per heavy atom. The average Bonchev–Trinajstić information content (AvgIpc) is 2.87. The third-order valence-electron chi connectivity index (χ3n) is 3.67. The van der Waals surface area contributed by atoms with Gasteiger partial charge in [-0.15, -0.1) is 0 Å². The van der Waals surface area contributed by atoms with Crippen molar-refractivity contribution in [3.05, 3.63) is 71.0 Å². The van der Waals surface area contributed by atoms with Crippen molar-refractivity contribution >= 4 is 23.7 Å². The standard InChI is InChI=1S/C18H13FN2O5/c19-12-7-5-11(6-8-12)16(23)20-10-9-15(22)26-21-17(24)13-3-1-2-4-14(13)18(21)25/h1-8H,9-10H2,(H,20,23). The molecule has 7 nitrogen and oxygen atoms in total. The highest BCUT2D eigenvalue weighted by atomic mass is 19.1. The summed E-state index contributed by atoms with van der Waals surface area (Å²) < 4.78 is 12.8. The summed E-state index contributed by atoms with van der Waals surface area (Å²) in [6, 6.07) is 11.0. The van der Waals surface area contributed by atoms with Crippen molar-refractivity contribution in [1.82, 2.24) is 10.4 Å². The topological polar surface area (TPSA) is 92.8 Å². The lowest BCUT2D eigenvalue weighted by atomic mass is 10.1. The fraction of sp³-hybridized carbons (Fsp3) is 0.111. The van der Waals surface area contributed by atoms with E-state index in [9.17, 15) is 23.6 Å². The highest BCUT2D eigenvalue weighted by molar-refractivity contribution is 6.20. The van der Waals surface area contributed by atoms with Crippen LogP contribution in [-0.4, -0.2) is 35.3 Å². The van der Waals surface area contributed by atoms with E-state index in [0.29, 0.717) is 5.06 Å². The summed E-state index contributed by atoms with van der Waals surface area (Å²) in [4.78, 5) is 52.6. The molecule has 1 N–H and O–H groups in total. The smallest absolute Gasteiger partial charge is 0.335 e. The van der Waals surface area contributed by atoms with Gasteiger partial charge in [0.2, 0.25) is 0 Å². The second-order valence-electron chi connectivity index (χ2n) is 5.43. The number of hydroxylamine groups is 2. The molecule has 2 aromatic rings. The summed E-state index contributed by atoms with van der Waals surface area (Å²) in [7, 11) is 0. The maximum atomic E-state index is 12.8. The van der Waals surface area contributed by atoms with Gasteiger partial charge in [-0.2, -0.15) is 0 Å². The van der Waals surface area contributed by atoms with Crippen LogP contribution in [0.25, 0.3) is 0 Å². The second kappa shape index (κ2) is 7.14. The minimum atomic E-state index is -0.848. The van der Waals surface area contributed by atoms with E-state index < -0.39 is 29.5 Å². The van der Waals surface area contributed by atoms with Crippen LogP contribution in [0.15, 0.2) is 48.5 Å². The molecular formula is C18H13FN2O5. The molecule has 0 unspecified atom stereocenters. The van der Waals surface area contributed by atoms with E-state index in [1.807, 2.05) is 0 Å². The summed E-state index contributed by atoms with van der Waals surface area (Å²) in [5.74, 6) is -3.23. The second-order valence-corrected chi connectivity index (χ2v) is 5.43. The Morgan fingerprint density at radius 1 is 0.962 bits per heavy atom. The zero-order valence-corrected chi connectivity index (χ0v) is 13.4. The molecule has 0 atom stereocenters. The molecule has 2 aromatic carbocycles. The first-order valence-electron chi connectivity index (χ1n) is 7.70. The lowest BCUT2D eigenvalue weighted by molar-refractivity contribution is -0.168. The number of rotatable bonds is 5. The van der Waals surface area contributed by atoms with E-state index in [2.05, 4.69) is 5.32 Å². The molecule has 0 fully saturated rings. The summed E-state index contributed by atoms with van der Waals surface area (Å²) in [5, 5.41) is 2.87. The molecule has 1 aliphatic rings. The number of nitrogens with zero attached hydrogens (tertiary/aromatic N) is 1. The van der Waals surface area contributed by atoms with Gasteiger partial charge in [-0.25, -0.2) is 9.18 Å². The normalized spacial score (nSPS) is 12.7.